The van der Waals surface area contributed by atoms with Gasteiger partial charge in [0, 0.05) is 12.1 Å². The number of para-hydroxylation sites is 1. The Hall–Kier alpha value is -0.730. The highest BCUT2D eigenvalue weighted by Gasteiger charge is 2.22. The molecule has 0 radical (unpaired) electrons. The molecule has 0 bridgehead atoms. The molecule has 0 aliphatic carbocycles. The Morgan fingerprint density at radius 3 is 2.33 bits per heavy atom. The first-order chi connectivity index (χ1) is 6.96. The summed E-state index contributed by atoms with van der Waals surface area (Å²) in [6.07, 6.45) is 0. The average Bonchev–Trinajstić information content (AvgIpc) is 2.14. The Kier molecular flexibility index (Phi) is 4.00. The van der Waals surface area contributed by atoms with Crippen molar-refractivity contribution in [1.82, 2.24) is 0 Å². The fourth-order valence-corrected chi connectivity index (χ4v) is 1.83. The summed E-state index contributed by atoms with van der Waals surface area (Å²) in [6.45, 7) is 7.03. The second kappa shape index (κ2) is 4.86. The van der Waals surface area contributed by atoms with E-state index in [-0.39, 0.29) is 12.1 Å². The van der Waals surface area contributed by atoms with Crippen LogP contribution < -0.4 is 4.90 Å². The molecule has 1 rings (SSSR count). The predicted molar refractivity (Wildman–Crippen MR) is 65.6 cm³/mol. The molecule has 0 spiro atoms. The van der Waals surface area contributed by atoms with Crippen LogP contribution in [0.4, 0.5) is 5.69 Å². The minimum absolute atomic E-state index is 0.0479. The van der Waals surface area contributed by atoms with E-state index in [4.69, 9.17) is 16.7 Å². The van der Waals surface area contributed by atoms with Gasteiger partial charge < -0.3 is 10.0 Å². The van der Waals surface area contributed by atoms with E-state index in [0.29, 0.717) is 6.54 Å². The van der Waals surface area contributed by atoms with Crippen molar-refractivity contribution >= 4 is 17.3 Å². The molecule has 84 valence electrons. The molecule has 0 atom stereocenters. The molecule has 0 heterocycles. The molecule has 0 saturated carbocycles. The fourth-order valence-electron chi connectivity index (χ4n) is 1.59. The van der Waals surface area contributed by atoms with Crippen LogP contribution in [0.1, 0.15) is 20.8 Å². The number of aliphatic hydroxyl groups excluding tert-OH is 1. The zero-order valence-electron chi connectivity index (χ0n) is 9.50. The molecule has 3 heteroatoms. The predicted octanol–water partition coefficient (Wildman–Crippen LogP) is 2.94. The first-order valence-electron chi connectivity index (χ1n) is 5.10. The van der Waals surface area contributed by atoms with Gasteiger partial charge in [0.1, 0.15) is 0 Å². The van der Waals surface area contributed by atoms with Crippen molar-refractivity contribution in [3.05, 3.63) is 29.3 Å². The number of hydrogen-bond acceptors (Lipinski definition) is 2. The monoisotopic (exact) mass is 227 g/mol. The maximum Gasteiger partial charge on any atom is 0.0639 e. The second-order valence-electron chi connectivity index (χ2n) is 4.50. The molecule has 0 amide bonds. The van der Waals surface area contributed by atoms with Crippen LogP contribution in [0.3, 0.4) is 0 Å². The molecule has 1 aromatic rings. The number of benzene rings is 1. The lowest BCUT2D eigenvalue weighted by atomic mass is 10.0. The molecule has 0 aromatic heterocycles. The molecule has 15 heavy (non-hydrogen) atoms. The molecule has 0 unspecified atom stereocenters. The second-order valence-corrected chi connectivity index (χ2v) is 4.90. The summed E-state index contributed by atoms with van der Waals surface area (Å²) in [6, 6.07) is 7.71. The van der Waals surface area contributed by atoms with Crippen molar-refractivity contribution < 1.29 is 5.11 Å². The minimum Gasteiger partial charge on any atom is -0.395 e. The maximum absolute atomic E-state index is 9.07. The Bertz CT molecular complexity index is 320. The van der Waals surface area contributed by atoms with E-state index in [1.54, 1.807) is 0 Å². The summed E-state index contributed by atoms with van der Waals surface area (Å²) >= 11 is 6.14. The van der Waals surface area contributed by atoms with E-state index < -0.39 is 0 Å². The molecule has 2 nitrogen and oxygen atoms in total. The van der Waals surface area contributed by atoms with Crippen LogP contribution >= 0.6 is 11.6 Å². The van der Waals surface area contributed by atoms with Crippen LogP contribution in [0, 0.1) is 0 Å². The lowest BCUT2D eigenvalue weighted by Gasteiger charge is -2.37. The largest absolute Gasteiger partial charge is 0.395 e. The zero-order chi connectivity index (χ0) is 11.5. The van der Waals surface area contributed by atoms with Crippen molar-refractivity contribution in [2.45, 2.75) is 26.3 Å². The SMILES string of the molecule is CC(C)(C)N(CCO)c1ccccc1Cl. The highest BCUT2D eigenvalue weighted by Crippen LogP contribution is 2.30. The third-order valence-electron chi connectivity index (χ3n) is 2.28. The summed E-state index contributed by atoms with van der Waals surface area (Å²) in [5, 5.41) is 9.79. The summed E-state index contributed by atoms with van der Waals surface area (Å²) in [7, 11) is 0. The van der Waals surface area contributed by atoms with Crippen LogP contribution in [0.15, 0.2) is 24.3 Å². The number of nitrogens with zero attached hydrogens (tertiary/aromatic N) is 1. The maximum atomic E-state index is 9.07. The van der Waals surface area contributed by atoms with Crippen LogP contribution in [-0.4, -0.2) is 23.8 Å². The summed E-state index contributed by atoms with van der Waals surface area (Å²) in [4.78, 5) is 2.11. The smallest absolute Gasteiger partial charge is 0.0639 e. The van der Waals surface area contributed by atoms with Crippen LogP contribution in [0.2, 0.25) is 5.02 Å². The van der Waals surface area contributed by atoms with Crippen molar-refractivity contribution in [2.75, 3.05) is 18.1 Å². The minimum atomic E-state index is -0.0479. The standard InChI is InChI=1S/C12H18ClNO/c1-12(2,3)14(8-9-15)11-7-5-4-6-10(11)13/h4-7,15H,8-9H2,1-3H3. The number of aliphatic hydroxyl groups is 1. The molecule has 0 saturated heterocycles. The van der Waals surface area contributed by atoms with Gasteiger partial charge in [-0.1, -0.05) is 23.7 Å². The van der Waals surface area contributed by atoms with Gasteiger partial charge in [0.25, 0.3) is 0 Å². The van der Waals surface area contributed by atoms with Gasteiger partial charge in [-0.3, -0.25) is 0 Å². The van der Waals surface area contributed by atoms with E-state index in [9.17, 15) is 0 Å². The first-order valence-corrected chi connectivity index (χ1v) is 5.47. The van der Waals surface area contributed by atoms with Gasteiger partial charge in [0.05, 0.1) is 17.3 Å². The highest BCUT2D eigenvalue weighted by atomic mass is 35.5. The highest BCUT2D eigenvalue weighted by molar-refractivity contribution is 6.33. The van der Waals surface area contributed by atoms with E-state index in [1.165, 1.54) is 0 Å². The normalized spacial score (nSPS) is 11.5. The number of rotatable bonds is 3. The van der Waals surface area contributed by atoms with Gasteiger partial charge in [-0.25, -0.2) is 0 Å². The van der Waals surface area contributed by atoms with E-state index in [1.807, 2.05) is 24.3 Å². The van der Waals surface area contributed by atoms with Crippen molar-refractivity contribution in [3.8, 4) is 0 Å². The molecule has 1 N–H and O–H groups in total. The molecular weight excluding hydrogens is 210 g/mol. The lowest BCUT2D eigenvalue weighted by Crippen LogP contribution is -2.43. The van der Waals surface area contributed by atoms with Gasteiger partial charge in [-0.05, 0) is 32.9 Å². The Labute approximate surface area is 96.5 Å². The van der Waals surface area contributed by atoms with Gasteiger partial charge >= 0.3 is 0 Å². The van der Waals surface area contributed by atoms with Gasteiger partial charge in [0.15, 0.2) is 0 Å². The average molecular weight is 228 g/mol. The lowest BCUT2D eigenvalue weighted by molar-refractivity contribution is 0.290. The van der Waals surface area contributed by atoms with Crippen LogP contribution in [0.5, 0.6) is 0 Å². The summed E-state index contributed by atoms with van der Waals surface area (Å²) in [5.74, 6) is 0. The number of anilines is 1. The zero-order valence-corrected chi connectivity index (χ0v) is 10.3. The fraction of sp³-hybridized carbons (Fsp3) is 0.500. The number of β-amino-alcohol motifs (C(OH)–C–C–N with tert-alkyl or cyclic N) is 1. The van der Waals surface area contributed by atoms with E-state index in [2.05, 4.69) is 25.7 Å². The number of halogens is 1. The first kappa shape index (κ1) is 12.3. The topological polar surface area (TPSA) is 23.5 Å². The number of hydrogen-bond donors (Lipinski definition) is 1. The molecular formula is C12H18ClNO. The van der Waals surface area contributed by atoms with Crippen LogP contribution in [-0.2, 0) is 0 Å². The Morgan fingerprint density at radius 1 is 1.27 bits per heavy atom. The molecule has 1 aromatic carbocycles. The van der Waals surface area contributed by atoms with E-state index >= 15 is 0 Å². The third kappa shape index (κ3) is 3.11. The summed E-state index contributed by atoms with van der Waals surface area (Å²) < 4.78 is 0. The van der Waals surface area contributed by atoms with Crippen molar-refractivity contribution in [2.24, 2.45) is 0 Å². The third-order valence-corrected chi connectivity index (χ3v) is 2.60. The molecule has 0 aliphatic heterocycles. The Morgan fingerprint density at radius 2 is 1.87 bits per heavy atom. The molecule has 0 aliphatic rings. The van der Waals surface area contributed by atoms with E-state index in [0.717, 1.165) is 10.7 Å². The van der Waals surface area contributed by atoms with Gasteiger partial charge in [-0.2, -0.15) is 0 Å². The quantitative estimate of drug-likeness (QED) is 0.859. The Balaban J connectivity index is 3.05. The molecule has 0 fully saturated rings. The van der Waals surface area contributed by atoms with Gasteiger partial charge in [0.2, 0.25) is 0 Å². The van der Waals surface area contributed by atoms with Gasteiger partial charge in [-0.15, -0.1) is 0 Å². The van der Waals surface area contributed by atoms with Crippen LogP contribution in [0.25, 0.3) is 0 Å². The summed E-state index contributed by atoms with van der Waals surface area (Å²) in [5.41, 5.74) is 0.925. The van der Waals surface area contributed by atoms with Crippen molar-refractivity contribution in [3.63, 3.8) is 0 Å². The van der Waals surface area contributed by atoms with Crippen molar-refractivity contribution in [1.29, 1.82) is 0 Å².